The largest absolute Gasteiger partial charge is 0.318 e. The quantitative estimate of drug-likeness (QED) is 0.582. The lowest BCUT2D eigenvalue weighted by Gasteiger charge is -1.98. The van der Waals surface area contributed by atoms with Crippen LogP contribution in [0.15, 0.2) is 10.9 Å². The Bertz CT molecular complexity index is 225. The number of rotatable bonds is 1. The van der Waals surface area contributed by atoms with E-state index in [2.05, 4.69) is 4.98 Å². The molecule has 0 aliphatic rings. The van der Waals surface area contributed by atoms with Crippen molar-refractivity contribution in [2.24, 2.45) is 0 Å². The molecular formula is C5H8NOPS. The van der Waals surface area contributed by atoms with E-state index in [4.69, 9.17) is 0 Å². The number of nitrogens with zero attached hydrogens (tertiary/aromatic N) is 1. The summed E-state index contributed by atoms with van der Waals surface area (Å²) in [6, 6.07) is 0. The molecule has 0 bridgehead atoms. The van der Waals surface area contributed by atoms with Crippen molar-refractivity contribution >= 4 is 23.9 Å². The van der Waals surface area contributed by atoms with Crippen molar-refractivity contribution < 1.29 is 4.57 Å². The normalized spacial score (nSPS) is 11.8. The Labute approximate surface area is 58.3 Å². The molecule has 0 aliphatic heterocycles. The second kappa shape index (κ2) is 2.24. The minimum atomic E-state index is -2.07. The van der Waals surface area contributed by atoms with Crippen LogP contribution in [0, 0.1) is 0 Å². The van der Waals surface area contributed by atoms with Gasteiger partial charge in [0.1, 0.15) is 12.6 Å². The maximum absolute atomic E-state index is 11.2. The number of aromatic nitrogens is 1. The summed E-state index contributed by atoms with van der Waals surface area (Å²) in [6.07, 6.45) is 0. The third-order valence-electron chi connectivity index (χ3n) is 0.971. The van der Waals surface area contributed by atoms with Crippen molar-refractivity contribution in [3.05, 3.63) is 10.9 Å². The van der Waals surface area contributed by atoms with Crippen LogP contribution in [0.2, 0.25) is 0 Å². The molecule has 1 aromatic rings. The third-order valence-corrected chi connectivity index (χ3v) is 3.08. The standard InChI is InChI=1S/C5H8NOPS/c1-8(2,7)5-3-9-4-6-5/h3-4H,1-2H3. The summed E-state index contributed by atoms with van der Waals surface area (Å²) in [5, 5.41) is 1.83. The summed E-state index contributed by atoms with van der Waals surface area (Å²) >= 11 is 1.48. The molecule has 0 N–H and O–H groups in total. The first-order chi connectivity index (χ1) is 4.11. The van der Waals surface area contributed by atoms with E-state index in [1.54, 1.807) is 18.8 Å². The van der Waals surface area contributed by atoms with Crippen LogP contribution >= 0.6 is 18.5 Å². The van der Waals surface area contributed by atoms with Gasteiger partial charge in [0.2, 0.25) is 0 Å². The zero-order chi connectivity index (χ0) is 6.91. The Kier molecular flexibility index (Phi) is 1.73. The van der Waals surface area contributed by atoms with Crippen molar-refractivity contribution in [2.45, 2.75) is 0 Å². The van der Waals surface area contributed by atoms with Crippen LogP contribution in [0.5, 0.6) is 0 Å². The summed E-state index contributed by atoms with van der Waals surface area (Å²) in [5.74, 6) is 0. The van der Waals surface area contributed by atoms with Crippen LogP contribution in [0.25, 0.3) is 0 Å². The average molecular weight is 161 g/mol. The molecule has 9 heavy (non-hydrogen) atoms. The minimum absolute atomic E-state index is 0.743. The van der Waals surface area contributed by atoms with Crippen LogP contribution in [-0.2, 0) is 4.57 Å². The molecule has 2 nitrogen and oxygen atoms in total. The van der Waals surface area contributed by atoms with Gasteiger partial charge < -0.3 is 4.57 Å². The topological polar surface area (TPSA) is 30.0 Å². The summed E-state index contributed by atoms with van der Waals surface area (Å²) in [4.78, 5) is 3.94. The molecule has 1 rings (SSSR count). The molecule has 1 aromatic heterocycles. The number of thiazole rings is 1. The van der Waals surface area contributed by atoms with Crippen molar-refractivity contribution in [2.75, 3.05) is 13.3 Å². The van der Waals surface area contributed by atoms with Crippen LogP contribution < -0.4 is 5.44 Å². The van der Waals surface area contributed by atoms with Gasteiger partial charge in [0.05, 0.1) is 5.51 Å². The molecular weight excluding hydrogens is 153 g/mol. The van der Waals surface area contributed by atoms with E-state index in [-0.39, 0.29) is 0 Å². The average Bonchev–Trinajstić information content (AvgIpc) is 2.08. The number of hydrogen-bond acceptors (Lipinski definition) is 3. The fourth-order valence-corrected chi connectivity index (χ4v) is 2.50. The van der Waals surface area contributed by atoms with E-state index in [0.717, 1.165) is 5.44 Å². The molecule has 0 fully saturated rings. The lowest BCUT2D eigenvalue weighted by Crippen LogP contribution is -2.01. The van der Waals surface area contributed by atoms with Crippen molar-refractivity contribution in [3.63, 3.8) is 0 Å². The van der Waals surface area contributed by atoms with Crippen LogP contribution in [0.1, 0.15) is 0 Å². The number of hydrogen-bond donors (Lipinski definition) is 0. The molecule has 0 radical (unpaired) electrons. The molecule has 0 aromatic carbocycles. The smallest absolute Gasteiger partial charge is 0.128 e. The van der Waals surface area contributed by atoms with Crippen LogP contribution in [-0.4, -0.2) is 18.3 Å². The Morgan fingerprint density at radius 2 is 2.33 bits per heavy atom. The lowest BCUT2D eigenvalue weighted by molar-refractivity contribution is 0.588. The van der Waals surface area contributed by atoms with Gasteiger partial charge in [-0.1, -0.05) is 0 Å². The first-order valence-corrected chi connectivity index (χ1v) is 6.09. The predicted octanol–water partition coefficient (Wildman–Crippen LogP) is 1.39. The Morgan fingerprint density at radius 1 is 1.67 bits per heavy atom. The van der Waals surface area contributed by atoms with E-state index in [1.807, 2.05) is 5.38 Å². The molecule has 0 amide bonds. The van der Waals surface area contributed by atoms with Gasteiger partial charge in [0.15, 0.2) is 0 Å². The Morgan fingerprint density at radius 3 is 2.56 bits per heavy atom. The summed E-state index contributed by atoms with van der Waals surface area (Å²) in [5.41, 5.74) is 2.45. The van der Waals surface area contributed by atoms with E-state index < -0.39 is 7.14 Å². The van der Waals surface area contributed by atoms with Crippen molar-refractivity contribution in [3.8, 4) is 0 Å². The van der Waals surface area contributed by atoms with Gasteiger partial charge in [-0.25, -0.2) is 4.98 Å². The van der Waals surface area contributed by atoms with Gasteiger partial charge in [-0.05, 0) is 13.3 Å². The van der Waals surface area contributed by atoms with Gasteiger partial charge in [-0.2, -0.15) is 0 Å². The molecule has 1 heterocycles. The zero-order valence-corrected chi connectivity index (χ0v) is 7.08. The van der Waals surface area contributed by atoms with Crippen molar-refractivity contribution in [1.29, 1.82) is 0 Å². The molecule has 0 aliphatic carbocycles. The highest BCUT2D eigenvalue weighted by Crippen LogP contribution is 2.33. The fraction of sp³-hybridized carbons (Fsp3) is 0.400. The van der Waals surface area contributed by atoms with Crippen LogP contribution in [0.4, 0.5) is 0 Å². The Balaban J connectivity index is 3.04. The summed E-state index contributed by atoms with van der Waals surface area (Å²) in [7, 11) is -2.07. The fourth-order valence-electron chi connectivity index (χ4n) is 0.472. The van der Waals surface area contributed by atoms with E-state index in [1.165, 1.54) is 11.3 Å². The third kappa shape index (κ3) is 1.63. The molecule has 0 saturated carbocycles. The monoisotopic (exact) mass is 161 g/mol. The van der Waals surface area contributed by atoms with Gasteiger partial charge in [0, 0.05) is 5.38 Å². The molecule has 4 heteroatoms. The molecule has 50 valence electrons. The van der Waals surface area contributed by atoms with Gasteiger partial charge in [-0.15, -0.1) is 11.3 Å². The highest BCUT2D eigenvalue weighted by molar-refractivity contribution is 7.70. The maximum Gasteiger partial charge on any atom is 0.128 e. The zero-order valence-electron chi connectivity index (χ0n) is 5.37. The van der Waals surface area contributed by atoms with Gasteiger partial charge in [0.25, 0.3) is 0 Å². The molecule has 0 saturated heterocycles. The first kappa shape index (κ1) is 6.97. The van der Waals surface area contributed by atoms with Gasteiger partial charge in [-0.3, -0.25) is 0 Å². The predicted molar refractivity (Wildman–Crippen MR) is 41.2 cm³/mol. The van der Waals surface area contributed by atoms with Gasteiger partial charge >= 0.3 is 0 Å². The van der Waals surface area contributed by atoms with E-state index >= 15 is 0 Å². The summed E-state index contributed by atoms with van der Waals surface area (Å²) < 4.78 is 11.2. The van der Waals surface area contributed by atoms with E-state index in [9.17, 15) is 4.57 Å². The minimum Gasteiger partial charge on any atom is -0.318 e. The van der Waals surface area contributed by atoms with Crippen molar-refractivity contribution in [1.82, 2.24) is 4.98 Å². The lowest BCUT2D eigenvalue weighted by atomic mass is 11.0. The second-order valence-electron chi connectivity index (χ2n) is 2.20. The Hall–Kier alpha value is -0.140. The summed E-state index contributed by atoms with van der Waals surface area (Å²) in [6.45, 7) is 3.45. The first-order valence-electron chi connectivity index (χ1n) is 2.54. The van der Waals surface area contributed by atoms with E-state index in [0.29, 0.717) is 0 Å². The SMILES string of the molecule is CP(C)(=O)c1cscn1. The maximum atomic E-state index is 11.2. The molecule has 0 atom stereocenters. The highest BCUT2D eigenvalue weighted by Gasteiger charge is 2.11. The molecule has 0 unspecified atom stereocenters. The highest BCUT2D eigenvalue weighted by atomic mass is 32.1. The second-order valence-corrected chi connectivity index (χ2v) is 6.08. The van der Waals surface area contributed by atoms with Crippen LogP contribution in [0.3, 0.4) is 0 Å². The molecule has 0 spiro atoms.